The van der Waals surface area contributed by atoms with Gasteiger partial charge in [0.05, 0.1) is 25.8 Å². The van der Waals surface area contributed by atoms with Gasteiger partial charge in [0.25, 0.3) is 11.7 Å². The van der Waals surface area contributed by atoms with E-state index in [1.54, 1.807) is 42.5 Å². The van der Waals surface area contributed by atoms with E-state index >= 15 is 0 Å². The largest absolute Gasteiger partial charge is 0.507 e. The Bertz CT molecular complexity index is 1070. The Hall–Kier alpha value is -3.81. The Balaban J connectivity index is 2.14. The number of benzene rings is 2. The van der Waals surface area contributed by atoms with Crippen LogP contribution in [0.15, 0.2) is 48.0 Å². The highest BCUT2D eigenvalue weighted by Crippen LogP contribution is 2.42. The number of carboxylic acids is 1. The number of aryl methyl sites for hydroxylation is 1. The number of aliphatic carboxylic acids is 1. The molecule has 1 aliphatic heterocycles. The van der Waals surface area contributed by atoms with Gasteiger partial charge in [-0.1, -0.05) is 35.9 Å². The van der Waals surface area contributed by atoms with Crippen molar-refractivity contribution in [1.82, 2.24) is 4.90 Å². The van der Waals surface area contributed by atoms with Crippen molar-refractivity contribution in [3.8, 4) is 11.5 Å². The van der Waals surface area contributed by atoms with Gasteiger partial charge in [-0.15, -0.1) is 0 Å². The van der Waals surface area contributed by atoms with E-state index in [4.69, 9.17) is 14.6 Å². The molecule has 1 fully saturated rings. The maximum atomic E-state index is 13.0. The number of carbonyl (C=O) groups excluding carboxylic acids is 2. The fourth-order valence-electron chi connectivity index (χ4n) is 3.75. The molecule has 1 heterocycles. The van der Waals surface area contributed by atoms with Gasteiger partial charge in [-0.25, -0.2) is 0 Å². The molecule has 168 valence electrons. The molecule has 1 aliphatic rings. The fourth-order valence-corrected chi connectivity index (χ4v) is 3.75. The molecule has 0 aromatic heterocycles. The van der Waals surface area contributed by atoms with E-state index in [1.807, 2.05) is 6.92 Å². The van der Waals surface area contributed by atoms with Crippen molar-refractivity contribution in [3.63, 3.8) is 0 Å². The van der Waals surface area contributed by atoms with Gasteiger partial charge >= 0.3 is 5.97 Å². The third-order valence-corrected chi connectivity index (χ3v) is 5.38. The van der Waals surface area contributed by atoms with Gasteiger partial charge in [-0.3, -0.25) is 14.4 Å². The number of hydrogen-bond donors (Lipinski definition) is 2. The van der Waals surface area contributed by atoms with Crippen molar-refractivity contribution in [2.45, 2.75) is 25.8 Å². The summed E-state index contributed by atoms with van der Waals surface area (Å²) in [6.07, 6.45) is 0.0103. The second-order valence-corrected chi connectivity index (χ2v) is 7.47. The molecule has 0 aliphatic carbocycles. The van der Waals surface area contributed by atoms with Crippen LogP contribution in [0.1, 0.15) is 35.6 Å². The Kier molecular flexibility index (Phi) is 6.82. The Labute approximate surface area is 185 Å². The van der Waals surface area contributed by atoms with Gasteiger partial charge in [0, 0.05) is 18.5 Å². The molecule has 2 N–H and O–H groups in total. The third-order valence-electron chi connectivity index (χ3n) is 5.38. The lowest BCUT2D eigenvalue weighted by molar-refractivity contribution is -0.140. The number of aliphatic hydroxyl groups is 1. The van der Waals surface area contributed by atoms with E-state index in [1.165, 1.54) is 19.1 Å². The van der Waals surface area contributed by atoms with Gasteiger partial charge in [-0.05, 0) is 31.0 Å². The first-order valence-corrected chi connectivity index (χ1v) is 10.1. The molecule has 0 radical (unpaired) electrons. The van der Waals surface area contributed by atoms with E-state index in [9.17, 15) is 19.5 Å². The Morgan fingerprint density at radius 2 is 1.66 bits per heavy atom. The number of likely N-dealkylation sites (tertiary alicyclic amines) is 1. The Morgan fingerprint density at radius 1 is 1.00 bits per heavy atom. The first-order valence-electron chi connectivity index (χ1n) is 10.1. The molecule has 2 aromatic carbocycles. The van der Waals surface area contributed by atoms with Crippen LogP contribution >= 0.6 is 0 Å². The molecular weight excluding hydrogens is 414 g/mol. The SMILES string of the molecule is COc1ccc([C@@H]2C(=C(O)c3ccc(C)cc3)C(=O)C(=O)N2CCCC(=O)O)cc1OC. The molecule has 0 spiro atoms. The van der Waals surface area contributed by atoms with Crippen LogP contribution in [0.25, 0.3) is 5.76 Å². The molecule has 0 saturated carbocycles. The number of methoxy groups -OCH3 is 2. The number of hydrogen-bond acceptors (Lipinski definition) is 6. The van der Waals surface area contributed by atoms with E-state index in [0.29, 0.717) is 22.6 Å². The summed E-state index contributed by atoms with van der Waals surface area (Å²) in [5, 5.41) is 20.0. The van der Waals surface area contributed by atoms with Gasteiger partial charge < -0.3 is 24.6 Å². The van der Waals surface area contributed by atoms with Gasteiger partial charge in [0.15, 0.2) is 11.5 Å². The quantitative estimate of drug-likeness (QED) is 0.369. The fraction of sp³-hybridized carbons (Fsp3) is 0.292. The second-order valence-electron chi connectivity index (χ2n) is 7.47. The smallest absolute Gasteiger partial charge is 0.303 e. The van der Waals surface area contributed by atoms with Gasteiger partial charge in [0.1, 0.15) is 5.76 Å². The maximum absolute atomic E-state index is 13.0. The predicted molar refractivity (Wildman–Crippen MR) is 117 cm³/mol. The van der Waals surface area contributed by atoms with E-state index in [-0.39, 0.29) is 30.7 Å². The summed E-state index contributed by atoms with van der Waals surface area (Å²) in [5.74, 6) is -2.02. The summed E-state index contributed by atoms with van der Waals surface area (Å²) in [4.78, 5) is 38.1. The lowest BCUT2D eigenvalue weighted by atomic mass is 9.94. The minimum Gasteiger partial charge on any atom is -0.507 e. The summed E-state index contributed by atoms with van der Waals surface area (Å²) in [6, 6.07) is 11.0. The van der Waals surface area contributed by atoms with Crippen LogP contribution in [-0.2, 0) is 14.4 Å². The normalized spacial score (nSPS) is 17.5. The van der Waals surface area contributed by atoms with Crippen LogP contribution in [-0.4, -0.2) is 53.5 Å². The number of aliphatic hydroxyl groups excluding tert-OH is 1. The van der Waals surface area contributed by atoms with Crippen LogP contribution in [0.2, 0.25) is 0 Å². The highest BCUT2D eigenvalue weighted by Gasteiger charge is 2.46. The van der Waals surface area contributed by atoms with Gasteiger partial charge in [-0.2, -0.15) is 0 Å². The molecule has 0 unspecified atom stereocenters. The van der Waals surface area contributed by atoms with E-state index in [2.05, 4.69) is 0 Å². The van der Waals surface area contributed by atoms with Crippen LogP contribution in [0.4, 0.5) is 0 Å². The third kappa shape index (κ3) is 4.44. The average molecular weight is 439 g/mol. The maximum Gasteiger partial charge on any atom is 0.303 e. The molecule has 32 heavy (non-hydrogen) atoms. The second kappa shape index (κ2) is 9.55. The molecule has 3 rings (SSSR count). The predicted octanol–water partition coefficient (Wildman–Crippen LogP) is 3.30. The van der Waals surface area contributed by atoms with Crippen LogP contribution in [0.3, 0.4) is 0 Å². The van der Waals surface area contributed by atoms with Crippen LogP contribution in [0, 0.1) is 6.92 Å². The number of ketones is 1. The first kappa shape index (κ1) is 22.9. The highest BCUT2D eigenvalue weighted by molar-refractivity contribution is 6.46. The van der Waals surface area contributed by atoms with Crippen molar-refractivity contribution in [3.05, 3.63) is 64.7 Å². The van der Waals surface area contributed by atoms with Crippen LogP contribution < -0.4 is 9.47 Å². The summed E-state index contributed by atoms with van der Waals surface area (Å²) in [5.41, 5.74) is 1.86. The lowest BCUT2D eigenvalue weighted by Gasteiger charge is -2.25. The summed E-state index contributed by atoms with van der Waals surface area (Å²) in [7, 11) is 2.96. The first-order chi connectivity index (χ1) is 15.3. The van der Waals surface area contributed by atoms with E-state index < -0.39 is 23.7 Å². The minimum absolute atomic E-state index is 0.0422. The standard InChI is InChI=1S/C24H25NO7/c1-14-6-8-15(9-7-14)22(28)20-21(16-10-11-17(31-2)18(13-16)32-3)25(24(30)23(20)29)12-4-5-19(26)27/h6-11,13,21,28H,4-5,12H2,1-3H3,(H,26,27)/t21-/m1/s1. The average Bonchev–Trinajstić information content (AvgIpc) is 3.03. The van der Waals surface area contributed by atoms with E-state index in [0.717, 1.165) is 5.56 Å². The number of nitrogens with zero attached hydrogens (tertiary/aromatic N) is 1. The summed E-state index contributed by atoms with van der Waals surface area (Å²) >= 11 is 0. The zero-order valence-corrected chi connectivity index (χ0v) is 18.1. The number of carboxylic acid groups (broad SMARTS) is 1. The zero-order valence-electron chi connectivity index (χ0n) is 18.1. The number of Topliss-reactive ketones (excluding diaryl/α,β-unsaturated/α-hetero) is 1. The number of carbonyl (C=O) groups is 3. The molecular formula is C24H25NO7. The molecule has 0 bridgehead atoms. The number of ether oxygens (including phenoxy) is 2. The van der Waals surface area contributed by atoms with Crippen molar-refractivity contribution >= 4 is 23.4 Å². The van der Waals surface area contributed by atoms with Crippen LogP contribution in [0.5, 0.6) is 11.5 Å². The summed E-state index contributed by atoms with van der Waals surface area (Å²) < 4.78 is 10.6. The molecule has 2 aromatic rings. The molecule has 8 heteroatoms. The lowest BCUT2D eigenvalue weighted by Crippen LogP contribution is -2.31. The van der Waals surface area contributed by atoms with Crippen molar-refractivity contribution in [2.24, 2.45) is 0 Å². The van der Waals surface area contributed by atoms with Crippen molar-refractivity contribution in [1.29, 1.82) is 0 Å². The monoisotopic (exact) mass is 439 g/mol. The van der Waals surface area contributed by atoms with Crippen molar-refractivity contribution in [2.75, 3.05) is 20.8 Å². The Morgan fingerprint density at radius 3 is 2.25 bits per heavy atom. The molecule has 1 atom stereocenters. The minimum atomic E-state index is -0.996. The highest BCUT2D eigenvalue weighted by atomic mass is 16.5. The molecule has 1 amide bonds. The number of amides is 1. The van der Waals surface area contributed by atoms with Gasteiger partial charge in [0.2, 0.25) is 0 Å². The topological polar surface area (TPSA) is 113 Å². The molecule has 1 saturated heterocycles. The summed E-state index contributed by atoms with van der Waals surface area (Å²) in [6.45, 7) is 1.94. The zero-order chi connectivity index (χ0) is 23.4. The van der Waals surface area contributed by atoms with Crippen molar-refractivity contribution < 1.29 is 34.1 Å². The number of rotatable bonds is 8. The molecule has 8 nitrogen and oxygen atoms in total.